The number of carbonyl (C=O) groups is 1. The molecule has 94 valence electrons. The van der Waals surface area contributed by atoms with Crippen LogP contribution in [0, 0.1) is 0 Å². The average molecular weight is 284 g/mol. The van der Waals surface area contributed by atoms with Crippen molar-refractivity contribution in [1.29, 1.82) is 0 Å². The third-order valence-electron chi connectivity index (χ3n) is 2.71. The number of carbonyl (C=O) groups excluding carboxylic acids is 1. The van der Waals surface area contributed by atoms with Gasteiger partial charge in [0.15, 0.2) is 0 Å². The van der Waals surface area contributed by atoms with E-state index in [-0.39, 0.29) is 51.4 Å². The Balaban J connectivity index is 0.00000289. The van der Waals surface area contributed by atoms with E-state index in [4.69, 9.17) is 0 Å². The maximum atomic E-state index is 12.4. The molecule has 0 spiro atoms. The Labute approximate surface area is 147 Å². The van der Waals surface area contributed by atoms with Gasteiger partial charge in [-0.05, 0) is 19.4 Å². The third-order valence-corrected chi connectivity index (χ3v) is 2.71. The molecule has 0 N–H and O–H groups in total. The standard InChI is InChI=1S/C11H13BF3O2.K/c1-11(2,10(16)17-3)8-4-6-9(7-5-8)12(13,14)15;/h4-7H,1-3H3;/q-1;+1. The second-order valence-corrected chi connectivity index (χ2v) is 4.31. The Hall–Kier alpha value is 0.181. The van der Waals surface area contributed by atoms with Gasteiger partial charge >= 0.3 is 64.3 Å². The number of rotatable bonds is 3. The van der Waals surface area contributed by atoms with E-state index in [0.29, 0.717) is 5.56 Å². The molecular formula is C11H13BF3KO2. The summed E-state index contributed by atoms with van der Waals surface area (Å²) in [7, 11) is 1.25. The molecule has 1 aromatic carbocycles. The number of hydrogen-bond donors (Lipinski definition) is 0. The molecule has 0 amide bonds. The first-order chi connectivity index (χ1) is 7.69. The summed E-state index contributed by atoms with van der Waals surface area (Å²) in [5, 5.41) is 0. The van der Waals surface area contributed by atoms with Crippen molar-refractivity contribution in [2.24, 2.45) is 0 Å². The molecule has 2 nitrogen and oxygen atoms in total. The van der Waals surface area contributed by atoms with Gasteiger partial charge in [0.05, 0.1) is 12.5 Å². The molecule has 0 atom stereocenters. The van der Waals surface area contributed by atoms with E-state index in [1.54, 1.807) is 13.8 Å². The van der Waals surface area contributed by atoms with Crippen molar-refractivity contribution in [3.63, 3.8) is 0 Å². The molecule has 0 unspecified atom stereocenters. The average Bonchev–Trinajstić information content (AvgIpc) is 2.27. The summed E-state index contributed by atoms with van der Waals surface area (Å²) in [5.41, 5.74) is -1.13. The topological polar surface area (TPSA) is 26.3 Å². The van der Waals surface area contributed by atoms with E-state index >= 15 is 0 Å². The van der Waals surface area contributed by atoms with Gasteiger partial charge in [-0.1, -0.05) is 24.3 Å². The minimum Gasteiger partial charge on any atom is -0.468 e. The first kappa shape index (κ1) is 18.2. The van der Waals surface area contributed by atoms with Crippen LogP contribution in [0.5, 0.6) is 0 Å². The SMILES string of the molecule is COC(=O)C(C)(C)c1ccc([B-](F)(F)F)cc1.[K+]. The minimum absolute atomic E-state index is 0. The zero-order valence-corrected chi connectivity index (χ0v) is 14.0. The first-order valence-electron chi connectivity index (χ1n) is 5.08. The fourth-order valence-corrected chi connectivity index (χ4v) is 1.49. The van der Waals surface area contributed by atoms with Crippen LogP contribution in [0.25, 0.3) is 0 Å². The second-order valence-electron chi connectivity index (χ2n) is 4.31. The summed E-state index contributed by atoms with van der Waals surface area (Å²) >= 11 is 0. The number of benzene rings is 1. The summed E-state index contributed by atoms with van der Waals surface area (Å²) in [6.07, 6.45) is 0. The maximum Gasteiger partial charge on any atom is 1.00 e. The van der Waals surface area contributed by atoms with Crippen LogP contribution in [-0.4, -0.2) is 20.1 Å². The molecule has 0 heterocycles. The molecule has 0 aliphatic heterocycles. The van der Waals surface area contributed by atoms with Gasteiger partial charge in [-0.15, -0.1) is 5.46 Å². The van der Waals surface area contributed by atoms with Crippen molar-refractivity contribution in [3.05, 3.63) is 29.8 Å². The van der Waals surface area contributed by atoms with Crippen molar-refractivity contribution in [2.45, 2.75) is 19.3 Å². The smallest absolute Gasteiger partial charge is 0.468 e. The summed E-state index contributed by atoms with van der Waals surface area (Å²) in [6.45, 7) is -1.79. The van der Waals surface area contributed by atoms with Gasteiger partial charge in [-0.3, -0.25) is 4.79 Å². The number of ether oxygens (including phenoxy) is 1. The molecule has 0 aliphatic carbocycles. The van der Waals surface area contributed by atoms with Gasteiger partial charge in [0.25, 0.3) is 0 Å². The number of halogens is 3. The van der Waals surface area contributed by atoms with Crippen LogP contribution in [0.4, 0.5) is 12.9 Å². The normalized spacial score (nSPS) is 11.7. The van der Waals surface area contributed by atoms with Gasteiger partial charge in [0.1, 0.15) is 0 Å². The summed E-state index contributed by atoms with van der Waals surface area (Å²) in [6, 6.07) is 4.59. The maximum absolute atomic E-state index is 12.4. The Bertz CT molecular complexity index is 415. The van der Waals surface area contributed by atoms with Crippen LogP contribution in [0.1, 0.15) is 19.4 Å². The Morgan fingerprint density at radius 2 is 1.61 bits per heavy atom. The van der Waals surface area contributed by atoms with Crippen molar-refractivity contribution in [1.82, 2.24) is 0 Å². The van der Waals surface area contributed by atoms with Gasteiger partial charge in [-0.2, -0.15) is 0 Å². The summed E-state index contributed by atoms with van der Waals surface area (Å²) in [4.78, 5) is 11.5. The first-order valence-corrected chi connectivity index (χ1v) is 5.08. The Morgan fingerprint density at radius 1 is 1.17 bits per heavy atom. The predicted molar refractivity (Wildman–Crippen MR) is 60.2 cm³/mol. The monoisotopic (exact) mass is 284 g/mol. The molecule has 0 bridgehead atoms. The van der Waals surface area contributed by atoms with Crippen LogP contribution in [0.2, 0.25) is 0 Å². The summed E-state index contributed by atoms with van der Waals surface area (Å²) < 4.78 is 41.8. The molecule has 0 aliphatic rings. The van der Waals surface area contributed by atoms with Crippen molar-refractivity contribution in [3.8, 4) is 0 Å². The third kappa shape index (κ3) is 4.09. The van der Waals surface area contributed by atoms with Crippen LogP contribution in [-0.2, 0) is 14.9 Å². The van der Waals surface area contributed by atoms with Crippen LogP contribution in [0.15, 0.2) is 24.3 Å². The molecule has 1 aromatic rings. The van der Waals surface area contributed by atoms with Crippen molar-refractivity contribution < 1.29 is 73.9 Å². The predicted octanol–water partition coefficient (Wildman–Crippen LogP) is -0.804. The minimum atomic E-state index is -5.00. The van der Waals surface area contributed by atoms with Crippen LogP contribution in [0.3, 0.4) is 0 Å². The van der Waals surface area contributed by atoms with Crippen LogP contribution < -0.4 is 56.8 Å². The molecule has 1 rings (SSSR count). The van der Waals surface area contributed by atoms with E-state index < -0.39 is 23.8 Å². The van der Waals surface area contributed by atoms with Crippen molar-refractivity contribution >= 4 is 18.4 Å². The molecule has 7 heteroatoms. The zero-order valence-electron chi connectivity index (χ0n) is 10.8. The van der Waals surface area contributed by atoms with E-state index in [1.165, 1.54) is 19.2 Å². The number of methoxy groups -OCH3 is 1. The molecule has 0 saturated heterocycles. The van der Waals surface area contributed by atoms with E-state index in [1.807, 2.05) is 0 Å². The largest absolute Gasteiger partial charge is 1.00 e. The number of hydrogen-bond acceptors (Lipinski definition) is 2. The quantitative estimate of drug-likeness (QED) is 0.536. The molecule has 0 aromatic heterocycles. The second kappa shape index (κ2) is 6.56. The fourth-order valence-electron chi connectivity index (χ4n) is 1.49. The zero-order chi connectivity index (χ0) is 13.3. The number of esters is 1. The van der Waals surface area contributed by atoms with Crippen LogP contribution >= 0.6 is 0 Å². The fraction of sp³-hybridized carbons (Fsp3) is 0.364. The van der Waals surface area contributed by atoms with Gasteiger partial charge < -0.3 is 17.7 Å². The molecule has 0 saturated carbocycles. The Kier molecular flexibility index (Phi) is 6.63. The summed E-state index contributed by atoms with van der Waals surface area (Å²) in [5.74, 6) is -0.484. The Morgan fingerprint density at radius 3 is 1.94 bits per heavy atom. The van der Waals surface area contributed by atoms with Gasteiger partial charge in [-0.25, -0.2) is 0 Å². The van der Waals surface area contributed by atoms with Gasteiger partial charge in [0.2, 0.25) is 0 Å². The molecular weight excluding hydrogens is 271 g/mol. The van der Waals surface area contributed by atoms with Crippen molar-refractivity contribution in [2.75, 3.05) is 7.11 Å². The van der Waals surface area contributed by atoms with E-state index in [2.05, 4.69) is 4.74 Å². The van der Waals surface area contributed by atoms with Gasteiger partial charge in [0, 0.05) is 0 Å². The van der Waals surface area contributed by atoms with E-state index in [0.717, 1.165) is 12.1 Å². The van der Waals surface area contributed by atoms with E-state index in [9.17, 15) is 17.7 Å². The molecule has 0 radical (unpaired) electrons. The molecule has 18 heavy (non-hydrogen) atoms. The molecule has 0 fully saturated rings.